The number of piperidine rings is 1. The molecule has 4 nitrogen and oxygen atoms in total. The molecule has 2 aliphatic heterocycles. The summed E-state index contributed by atoms with van der Waals surface area (Å²) in [4.78, 5) is 2.49. The van der Waals surface area contributed by atoms with Gasteiger partial charge in [0.15, 0.2) is 0 Å². The Balaban J connectivity index is 1.71. The maximum Gasteiger partial charge on any atom is 0.0596 e. The second-order valence-electron chi connectivity index (χ2n) is 4.52. The molecule has 0 aromatic rings. The van der Waals surface area contributed by atoms with Crippen molar-refractivity contribution in [1.82, 2.24) is 4.90 Å². The molecule has 0 saturated carbocycles. The lowest BCUT2D eigenvalue weighted by atomic mass is 9.98. The maximum atomic E-state index is 8.65. The van der Waals surface area contributed by atoms with Crippen LogP contribution in [0.2, 0.25) is 0 Å². The van der Waals surface area contributed by atoms with E-state index >= 15 is 0 Å². The smallest absolute Gasteiger partial charge is 0.0596 e. The van der Waals surface area contributed by atoms with E-state index in [1.165, 1.54) is 19.4 Å². The highest BCUT2D eigenvalue weighted by atomic mass is 16.5. The number of hydrogen-bond acceptors (Lipinski definition) is 4. The Bertz CT molecular complexity index is 215. The fraction of sp³-hybridized carbons (Fsp3) is 0.909. The summed E-state index contributed by atoms with van der Waals surface area (Å²) >= 11 is 0. The Morgan fingerprint density at radius 1 is 1.27 bits per heavy atom. The molecule has 2 saturated heterocycles. The minimum atomic E-state index is 0.811. The summed E-state index contributed by atoms with van der Waals surface area (Å²) < 4.78 is 5.35. The van der Waals surface area contributed by atoms with Crippen LogP contribution in [-0.2, 0) is 4.74 Å². The number of likely N-dealkylation sites (tertiary alicyclic amines) is 1. The van der Waals surface area contributed by atoms with Gasteiger partial charge in [0.2, 0.25) is 0 Å². The largest absolute Gasteiger partial charge is 0.411 e. The number of hydrogen-bond donors (Lipinski definition) is 1. The third-order valence-corrected chi connectivity index (χ3v) is 3.43. The number of ether oxygens (including phenoxy) is 1. The summed E-state index contributed by atoms with van der Waals surface area (Å²) in [6.45, 7) is 5.17. The zero-order chi connectivity index (χ0) is 10.5. The van der Waals surface area contributed by atoms with Crippen molar-refractivity contribution in [2.24, 2.45) is 11.1 Å². The van der Waals surface area contributed by atoms with Crippen LogP contribution in [0.15, 0.2) is 5.16 Å². The monoisotopic (exact) mass is 212 g/mol. The quantitative estimate of drug-likeness (QED) is 0.555. The first-order valence-electron chi connectivity index (χ1n) is 5.88. The van der Waals surface area contributed by atoms with Crippen LogP contribution in [0.1, 0.15) is 25.7 Å². The van der Waals surface area contributed by atoms with Crippen LogP contribution in [0, 0.1) is 5.92 Å². The molecule has 15 heavy (non-hydrogen) atoms. The fourth-order valence-electron chi connectivity index (χ4n) is 2.39. The lowest BCUT2D eigenvalue weighted by Crippen LogP contribution is -2.38. The minimum absolute atomic E-state index is 0.811. The van der Waals surface area contributed by atoms with Gasteiger partial charge in [-0.15, -0.1) is 0 Å². The lowest BCUT2D eigenvalue weighted by Gasteiger charge is -2.32. The van der Waals surface area contributed by atoms with E-state index in [0.717, 1.165) is 50.8 Å². The van der Waals surface area contributed by atoms with Crippen LogP contribution >= 0.6 is 0 Å². The Morgan fingerprint density at radius 3 is 2.53 bits per heavy atom. The predicted octanol–water partition coefficient (Wildman–Crippen LogP) is 1.34. The second kappa shape index (κ2) is 5.47. The van der Waals surface area contributed by atoms with Gasteiger partial charge in [-0.2, -0.15) is 0 Å². The molecule has 0 atom stereocenters. The Morgan fingerprint density at radius 2 is 1.93 bits per heavy atom. The van der Waals surface area contributed by atoms with Crippen molar-refractivity contribution in [3.8, 4) is 0 Å². The van der Waals surface area contributed by atoms with E-state index in [1.54, 1.807) is 0 Å². The first-order valence-corrected chi connectivity index (χ1v) is 5.88. The van der Waals surface area contributed by atoms with E-state index in [1.807, 2.05) is 0 Å². The molecule has 0 aliphatic carbocycles. The van der Waals surface area contributed by atoms with E-state index in [2.05, 4.69) is 10.1 Å². The topological polar surface area (TPSA) is 45.1 Å². The SMILES string of the molecule is ON=C1CCN(CC2CCOCC2)CC1. The zero-order valence-corrected chi connectivity index (χ0v) is 9.19. The van der Waals surface area contributed by atoms with E-state index in [0.29, 0.717) is 0 Å². The van der Waals surface area contributed by atoms with Gasteiger partial charge in [-0.3, -0.25) is 0 Å². The maximum absolute atomic E-state index is 8.65. The van der Waals surface area contributed by atoms with Gasteiger partial charge in [0.05, 0.1) is 5.71 Å². The highest BCUT2D eigenvalue weighted by Gasteiger charge is 2.20. The third kappa shape index (κ3) is 3.18. The predicted molar refractivity (Wildman–Crippen MR) is 58.4 cm³/mol. The molecule has 4 heteroatoms. The average Bonchev–Trinajstić information content (AvgIpc) is 2.31. The van der Waals surface area contributed by atoms with Crippen molar-refractivity contribution in [2.45, 2.75) is 25.7 Å². The van der Waals surface area contributed by atoms with Gasteiger partial charge in [-0.05, 0) is 18.8 Å². The normalized spacial score (nSPS) is 25.5. The highest BCUT2D eigenvalue weighted by molar-refractivity contribution is 5.84. The van der Waals surface area contributed by atoms with E-state index < -0.39 is 0 Å². The summed E-state index contributed by atoms with van der Waals surface area (Å²) in [7, 11) is 0. The van der Waals surface area contributed by atoms with Crippen LogP contribution in [0.5, 0.6) is 0 Å². The number of rotatable bonds is 2. The van der Waals surface area contributed by atoms with Crippen molar-refractivity contribution in [1.29, 1.82) is 0 Å². The van der Waals surface area contributed by atoms with Crippen molar-refractivity contribution < 1.29 is 9.94 Å². The van der Waals surface area contributed by atoms with Gasteiger partial charge < -0.3 is 14.8 Å². The van der Waals surface area contributed by atoms with E-state index in [4.69, 9.17) is 9.94 Å². The third-order valence-electron chi connectivity index (χ3n) is 3.43. The average molecular weight is 212 g/mol. The van der Waals surface area contributed by atoms with Crippen LogP contribution < -0.4 is 0 Å². The van der Waals surface area contributed by atoms with Gasteiger partial charge in [0.25, 0.3) is 0 Å². The van der Waals surface area contributed by atoms with Gasteiger partial charge in [0, 0.05) is 45.7 Å². The molecule has 2 aliphatic rings. The van der Waals surface area contributed by atoms with Gasteiger partial charge in [-0.1, -0.05) is 5.16 Å². The fourth-order valence-corrected chi connectivity index (χ4v) is 2.39. The van der Waals surface area contributed by atoms with Gasteiger partial charge >= 0.3 is 0 Å². The Labute approximate surface area is 90.9 Å². The molecule has 86 valence electrons. The molecule has 0 aromatic carbocycles. The lowest BCUT2D eigenvalue weighted by molar-refractivity contribution is 0.0523. The first-order chi connectivity index (χ1) is 7.38. The van der Waals surface area contributed by atoms with E-state index in [-0.39, 0.29) is 0 Å². The van der Waals surface area contributed by atoms with Crippen molar-refractivity contribution >= 4 is 5.71 Å². The summed E-state index contributed by atoms with van der Waals surface area (Å²) in [5, 5.41) is 12.0. The summed E-state index contributed by atoms with van der Waals surface area (Å²) in [5.74, 6) is 0.811. The Hall–Kier alpha value is -0.610. The van der Waals surface area contributed by atoms with Crippen molar-refractivity contribution in [2.75, 3.05) is 32.8 Å². The van der Waals surface area contributed by atoms with Crippen LogP contribution in [-0.4, -0.2) is 48.7 Å². The Kier molecular flexibility index (Phi) is 3.97. The van der Waals surface area contributed by atoms with E-state index in [9.17, 15) is 0 Å². The standard InChI is InChI=1S/C11H20N2O2/c14-12-11-1-5-13(6-2-11)9-10-3-7-15-8-4-10/h10,14H,1-9H2. The van der Waals surface area contributed by atoms with Crippen molar-refractivity contribution in [3.63, 3.8) is 0 Å². The molecule has 2 rings (SSSR count). The molecule has 0 spiro atoms. The first kappa shape index (κ1) is 10.9. The molecular weight excluding hydrogens is 192 g/mol. The van der Waals surface area contributed by atoms with Crippen molar-refractivity contribution in [3.05, 3.63) is 0 Å². The number of nitrogens with zero attached hydrogens (tertiary/aromatic N) is 2. The van der Waals surface area contributed by atoms with Gasteiger partial charge in [-0.25, -0.2) is 0 Å². The molecular formula is C11H20N2O2. The molecule has 2 heterocycles. The number of oxime groups is 1. The zero-order valence-electron chi connectivity index (χ0n) is 9.19. The molecule has 0 amide bonds. The van der Waals surface area contributed by atoms with Crippen LogP contribution in [0.4, 0.5) is 0 Å². The molecule has 1 N–H and O–H groups in total. The molecule has 0 radical (unpaired) electrons. The molecule has 0 bridgehead atoms. The second-order valence-corrected chi connectivity index (χ2v) is 4.52. The summed E-state index contributed by atoms with van der Waals surface area (Å²) in [5.41, 5.74) is 0.957. The van der Waals surface area contributed by atoms with Crippen LogP contribution in [0.3, 0.4) is 0 Å². The minimum Gasteiger partial charge on any atom is -0.411 e. The highest BCUT2D eigenvalue weighted by Crippen LogP contribution is 2.18. The molecule has 0 aromatic heterocycles. The van der Waals surface area contributed by atoms with Crippen LogP contribution in [0.25, 0.3) is 0 Å². The molecule has 2 fully saturated rings. The molecule has 0 unspecified atom stereocenters. The summed E-state index contributed by atoms with van der Waals surface area (Å²) in [6.07, 6.45) is 4.27. The summed E-state index contributed by atoms with van der Waals surface area (Å²) in [6, 6.07) is 0. The van der Waals surface area contributed by atoms with Gasteiger partial charge in [0.1, 0.15) is 0 Å².